The van der Waals surface area contributed by atoms with Crippen LogP contribution in [0.1, 0.15) is 21.5 Å². The zero-order valence-corrected chi connectivity index (χ0v) is 27.3. The van der Waals surface area contributed by atoms with Crippen molar-refractivity contribution in [3.63, 3.8) is 0 Å². The Bertz CT molecular complexity index is 1820. The smallest absolute Gasteiger partial charge is 0.337 e. The van der Waals surface area contributed by atoms with Gasteiger partial charge in [0.15, 0.2) is 5.88 Å². The van der Waals surface area contributed by atoms with Crippen LogP contribution >= 0.6 is 0 Å². The van der Waals surface area contributed by atoms with E-state index in [1.807, 2.05) is 54.6 Å². The number of aromatic hydroxyl groups is 1. The van der Waals surface area contributed by atoms with Gasteiger partial charge in [0.25, 0.3) is 10.1 Å². The monoisotopic (exact) mass is 665 g/mol. The van der Waals surface area contributed by atoms with Crippen LogP contribution in [0.3, 0.4) is 0 Å². The molecule has 2 heterocycles. The average molecular weight is 666 g/mol. The van der Waals surface area contributed by atoms with E-state index in [4.69, 9.17) is 19.4 Å². The molecule has 1 aliphatic heterocycles. The van der Waals surface area contributed by atoms with E-state index in [1.165, 1.54) is 7.11 Å². The van der Waals surface area contributed by atoms with Gasteiger partial charge < -0.3 is 29.7 Å². The maximum absolute atomic E-state index is 12.9. The number of H-pyrrole nitrogens is 1. The Morgan fingerprint density at radius 3 is 2.21 bits per heavy atom. The lowest BCUT2D eigenvalue weighted by molar-refractivity contribution is -0.119. The quantitative estimate of drug-likeness (QED) is 0.118. The number of piperazine rings is 1. The fourth-order valence-corrected chi connectivity index (χ4v) is 5.20. The first-order valence-electron chi connectivity index (χ1n) is 14.8. The molecule has 13 nitrogen and oxygen atoms in total. The summed E-state index contributed by atoms with van der Waals surface area (Å²) in [5.41, 5.74) is 4.34. The standard InChI is InChI=1S/C31H33N5O4.C2H6O4S/c1-34-15-17-36(18-16-34)20-27(37)35(2)24-12-10-23(11-13-24)32-29(21-7-5-4-6-8-21)28-25-14-9-22(31(39)40-3)19-26(25)33-30(28)38;3-1-2-7(4,5)6/h4-14,19,33,38H,15-18,20H2,1-3H3;3H,1-2H2,(H,4,5,6). The van der Waals surface area contributed by atoms with Crippen molar-refractivity contribution < 1.29 is 37.5 Å². The van der Waals surface area contributed by atoms with Gasteiger partial charge in [-0.1, -0.05) is 36.4 Å². The predicted octanol–water partition coefficient (Wildman–Crippen LogP) is 2.91. The van der Waals surface area contributed by atoms with E-state index in [0.29, 0.717) is 34.6 Å². The van der Waals surface area contributed by atoms with Crippen molar-refractivity contribution in [3.05, 3.63) is 89.5 Å². The normalized spacial score (nSPS) is 14.4. The second-order valence-electron chi connectivity index (χ2n) is 11.0. The number of aliphatic hydroxyl groups is 1. The molecule has 14 heteroatoms. The van der Waals surface area contributed by atoms with Crippen molar-refractivity contribution in [1.29, 1.82) is 0 Å². The number of carbonyl (C=O) groups is 2. The Labute approximate surface area is 273 Å². The second kappa shape index (κ2) is 15.8. The lowest BCUT2D eigenvalue weighted by Gasteiger charge is -2.32. The third-order valence-electron chi connectivity index (χ3n) is 7.64. The van der Waals surface area contributed by atoms with Crippen LogP contribution in [-0.2, 0) is 19.6 Å². The number of ether oxygens (including phenoxy) is 1. The summed E-state index contributed by atoms with van der Waals surface area (Å²) < 4.78 is 31.9. The topological polar surface area (TPSA) is 176 Å². The van der Waals surface area contributed by atoms with Crippen molar-refractivity contribution in [3.8, 4) is 5.88 Å². The number of hydrogen-bond donors (Lipinski definition) is 4. The van der Waals surface area contributed by atoms with Crippen LogP contribution in [0.5, 0.6) is 5.88 Å². The van der Waals surface area contributed by atoms with Gasteiger partial charge in [0, 0.05) is 55.4 Å². The number of nitrogens with one attached hydrogen (secondary N) is 1. The first-order chi connectivity index (χ1) is 22.4. The molecule has 1 fully saturated rings. The number of anilines is 1. The van der Waals surface area contributed by atoms with Crippen molar-refractivity contribution in [2.24, 2.45) is 4.99 Å². The second-order valence-corrected chi connectivity index (χ2v) is 12.6. The minimum Gasteiger partial charge on any atom is -0.494 e. The molecule has 0 unspecified atom stereocenters. The summed E-state index contributed by atoms with van der Waals surface area (Å²) in [6.07, 6.45) is 0. The van der Waals surface area contributed by atoms with E-state index >= 15 is 0 Å². The molecule has 1 amide bonds. The van der Waals surface area contributed by atoms with Crippen molar-refractivity contribution >= 4 is 50.0 Å². The lowest BCUT2D eigenvalue weighted by atomic mass is 10.00. The number of aromatic nitrogens is 1. The molecule has 0 atom stereocenters. The number of nitrogens with zero attached hydrogens (tertiary/aromatic N) is 4. The van der Waals surface area contributed by atoms with Crippen molar-refractivity contribution in [1.82, 2.24) is 14.8 Å². The first-order valence-corrected chi connectivity index (χ1v) is 16.4. The van der Waals surface area contributed by atoms with Crippen LogP contribution < -0.4 is 4.90 Å². The molecule has 5 rings (SSSR count). The van der Waals surface area contributed by atoms with Gasteiger partial charge >= 0.3 is 5.97 Å². The zero-order valence-electron chi connectivity index (χ0n) is 26.5. The maximum Gasteiger partial charge on any atom is 0.337 e. The molecule has 0 saturated carbocycles. The molecular weight excluding hydrogens is 626 g/mol. The highest BCUT2D eigenvalue weighted by molar-refractivity contribution is 7.85. The summed E-state index contributed by atoms with van der Waals surface area (Å²) in [5.74, 6) is -1.04. The minimum atomic E-state index is -3.92. The molecule has 0 radical (unpaired) electrons. The number of aliphatic imine (C=N–C) groups is 1. The number of fused-ring (bicyclic) bond motifs is 1. The number of aliphatic hydroxyl groups excluding tert-OH is 1. The molecule has 4 N–H and O–H groups in total. The Kier molecular flexibility index (Phi) is 11.9. The third kappa shape index (κ3) is 9.47. The molecule has 3 aromatic carbocycles. The number of methoxy groups -OCH3 is 1. The Morgan fingerprint density at radius 2 is 1.64 bits per heavy atom. The molecule has 1 saturated heterocycles. The molecule has 0 aliphatic carbocycles. The molecule has 47 heavy (non-hydrogen) atoms. The highest BCUT2D eigenvalue weighted by Crippen LogP contribution is 2.32. The fraction of sp³-hybridized carbons (Fsp3) is 0.303. The predicted molar refractivity (Wildman–Crippen MR) is 180 cm³/mol. The number of benzene rings is 3. The number of carbonyl (C=O) groups excluding carboxylic acids is 2. The summed E-state index contributed by atoms with van der Waals surface area (Å²) in [7, 11) is 1.29. The first kappa shape index (κ1) is 35.3. The Morgan fingerprint density at radius 1 is 0.979 bits per heavy atom. The van der Waals surface area contributed by atoms with Crippen LogP contribution in [0.25, 0.3) is 10.9 Å². The average Bonchev–Trinajstić information content (AvgIpc) is 3.38. The van der Waals surface area contributed by atoms with Gasteiger partial charge in [-0.15, -0.1) is 0 Å². The molecule has 1 aromatic heterocycles. The van der Waals surface area contributed by atoms with Gasteiger partial charge in [-0.05, 0) is 43.4 Å². The number of amides is 1. The van der Waals surface area contributed by atoms with Crippen LogP contribution in [-0.4, -0.2) is 122 Å². The number of rotatable bonds is 9. The van der Waals surface area contributed by atoms with E-state index in [2.05, 4.69) is 21.8 Å². The van der Waals surface area contributed by atoms with Crippen LogP contribution in [0.2, 0.25) is 0 Å². The molecule has 0 bridgehead atoms. The number of hydrogen-bond acceptors (Lipinski definition) is 10. The highest BCUT2D eigenvalue weighted by Gasteiger charge is 2.21. The van der Waals surface area contributed by atoms with E-state index in [9.17, 15) is 23.1 Å². The van der Waals surface area contributed by atoms with E-state index < -0.39 is 28.4 Å². The highest BCUT2D eigenvalue weighted by atomic mass is 32.2. The summed E-state index contributed by atoms with van der Waals surface area (Å²) in [4.78, 5) is 39.0. The molecule has 0 spiro atoms. The maximum atomic E-state index is 12.9. The number of likely N-dealkylation sites (N-methyl/N-ethyl adjacent to an activating group) is 2. The lowest BCUT2D eigenvalue weighted by Crippen LogP contribution is -2.48. The number of esters is 1. The molecular formula is C33H39N5O8S. The van der Waals surface area contributed by atoms with E-state index in [-0.39, 0.29) is 11.8 Å². The third-order valence-corrected chi connectivity index (χ3v) is 8.34. The summed E-state index contributed by atoms with van der Waals surface area (Å²) in [6.45, 7) is 3.56. The van der Waals surface area contributed by atoms with Gasteiger partial charge in [0.1, 0.15) is 0 Å². The summed E-state index contributed by atoms with van der Waals surface area (Å²) >= 11 is 0. The fourth-order valence-electron chi connectivity index (χ4n) is 4.97. The van der Waals surface area contributed by atoms with E-state index in [1.54, 1.807) is 30.1 Å². The SMILES string of the molecule is COC(=O)c1ccc2c(C(=Nc3ccc(N(C)C(=O)CN4CCN(C)CC4)cc3)c3ccccc3)c(O)[nH]c2c1.O=S(=O)(O)CCO. The molecule has 250 valence electrons. The largest absolute Gasteiger partial charge is 0.494 e. The summed E-state index contributed by atoms with van der Waals surface area (Å²) in [6, 6.07) is 22.2. The van der Waals surface area contributed by atoms with Gasteiger partial charge in [-0.25, -0.2) is 9.79 Å². The van der Waals surface area contributed by atoms with Gasteiger partial charge in [-0.3, -0.25) is 14.2 Å². The Hall–Kier alpha value is -4.60. The van der Waals surface area contributed by atoms with Crippen LogP contribution in [0.15, 0.2) is 77.8 Å². The Balaban J connectivity index is 0.000000644. The van der Waals surface area contributed by atoms with Gasteiger partial charge in [0.2, 0.25) is 5.91 Å². The van der Waals surface area contributed by atoms with Crippen molar-refractivity contribution in [2.75, 3.05) is 71.2 Å². The minimum absolute atomic E-state index is 0.0424. The molecule has 4 aromatic rings. The molecule has 1 aliphatic rings. The van der Waals surface area contributed by atoms with Crippen molar-refractivity contribution in [2.45, 2.75) is 0 Å². The number of aromatic amines is 1. The van der Waals surface area contributed by atoms with Crippen LogP contribution in [0, 0.1) is 0 Å². The van der Waals surface area contributed by atoms with Crippen LogP contribution in [0.4, 0.5) is 11.4 Å². The van der Waals surface area contributed by atoms with Gasteiger partial charge in [0.05, 0.1) is 48.5 Å². The zero-order chi connectivity index (χ0) is 34.1. The summed E-state index contributed by atoms with van der Waals surface area (Å²) in [5, 5.41) is 19.5. The van der Waals surface area contributed by atoms with Gasteiger partial charge in [-0.2, -0.15) is 8.42 Å². The van der Waals surface area contributed by atoms with E-state index in [0.717, 1.165) is 42.8 Å².